The molecule has 0 saturated heterocycles. The van der Waals surface area contributed by atoms with Gasteiger partial charge in [0.2, 0.25) is 0 Å². The van der Waals surface area contributed by atoms with Gasteiger partial charge in [-0.25, -0.2) is 0 Å². The van der Waals surface area contributed by atoms with Crippen LogP contribution in [0.15, 0.2) is 36.4 Å². The molecule has 3 rings (SSSR count). The van der Waals surface area contributed by atoms with Gasteiger partial charge in [0.25, 0.3) is 0 Å². The predicted molar refractivity (Wildman–Crippen MR) is 152 cm³/mol. The Kier molecular flexibility index (Phi) is 6.99. The van der Waals surface area contributed by atoms with Crippen molar-refractivity contribution in [1.29, 1.82) is 0 Å². The molecule has 0 bridgehead atoms. The molecule has 1 heterocycles. The van der Waals surface area contributed by atoms with Crippen molar-refractivity contribution in [3.63, 3.8) is 0 Å². The Labute approximate surface area is 210 Å². The highest BCUT2D eigenvalue weighted by Crippen LogP contribution is 2.51. The summed E-state index contributed by atoms with van der Waals surface area (Å²) in [5, 5.41) is 0. The van der Waals surface area contributed by atoms with Crippen molar-refractivity contribution in [3.8, 4) is 0 Å². The Morgan fingerprint density at radius 2 is 0.765 bits per heavy atom. The summed E-state index contributed by atoms with van der Waals surface area (Å²) in [5.41, 5.74) is 9.16. The minimum absolute atomic E-state index is 0.185. The summed E-state index contributed by atoms with van der Waals surface area (Å²) in [6, 6.07) is 14.4. The van der Waals surface area contributed by atoms with E-state index < -0.39 is 0 Å². The first-order chi connectivity index (χ1) is 15.3. The van der Waals surface area contributed by atoms with E-state index in [9.17, 15) is 0 Å². The molecular weight excluding hydrogens is 412 g/mol. The number of hydrogen-bond acceptors (Lipinski definition) is 2. The average molecular weight is 463 g/mol. The van der Waals surface area contributed by atoms with Crippen LogP contribution in [-0.4, -0.2) is 13.1 Å². The van der Waals surface area contributed by atoms with Crippen LogP contribution in [0.4, 0.5) is 22.7 Å². The maximum absolute atomic E-state index is 2.59. The molecule has 0 atom stereocenters. The Morgan fingerprint density at radius 3 is 1.03 bits per heavy atom. The van der Waals surface area contributed by atoms with Gasteiger partial charge in [-0.05, 0) is 69.9 Å². The van der Waals surface area contributed by atoms with Gasteiger partial charge in [0.05, 0.1) is 22.7 Å². The number of nitrogens with zero attached hydrogens (tertiary/aromatic N) is 2. The largest absolute Gasteiger partial charge is 0.338 e. The normalized spacial score (nSPS) is 14.8. The zero-order valence-electron chi connectivity index (χ0n) is 24.2. The molecule has 0 N–H and O–H groups in total. The fraction of sp³-hybridized carbons (Fsp3) is 0.625. The van der Waals surface area contributed by atoms with Crippen LogP contribution in [-0.2, 0) is 12.8 Å². The molecular formula is C32H50N2. The van der Waals surface area contributed by atoms with E-state index in [1.54, 1.807) is 0 Å². The van der Waals surface area contributed by atoms with Gasteiger partial charge in [0, 0.05) is 13.1 Å². The van der Waals surface area contributed by atoms with E-state index >= 15 is 0 Å². The van der Waals surface area contributed by atoms with Crippen molar-refractivity contribution in [2.45, 2.75) is 95.9 Å². The number of anilines is 4. The van der Waals surface area contributed by atoms with Crippen molar-refractivity contribution in [2.24, 2.45) is 21.7 Å². The zero-order valence-corrected chi connectivity index (χ0v) is 24.2. The van der Waals surface area contributed by atoms with Gasteiger partial charge in [-0.2, -0.15) is 0 Å². The zero-order chi connectivity index (χ0) is 25.7. The third kappa shape index (κ3) is 7.03. The highest BCUT2D eigenvalue weighted by Gasteiger charge is 2.33. The lowest BCUT2D eigenvalue weighted by molar-refractivity contribution is 0.408. The summed E-state index contributed by atoms with van der Waals surface area (Å²) in [5.74, 6) is 0. The van der Waals surface area contributed by atoms with Gasteiger partial charge >= 0.3 is 0 Å². The van der Waals surface area contributed by atoms with E-state index in [1.165, 1.54) is 33.9 Å². The van der Waals surface area contributed by atoms with Crippen molar-refractivity contribution >= 4 is 22.7 Å². The monoisotopic (exact) mass is 462 g/mol. The molecule has 1 aliphatic rings. The van der Waals surface area contributed by atoms with Crippen molar-refractivity contribution in [1.82, 2.24) is 0 Å². The van der Waals surface area contributed by atoms with Crippen LogP contribution < -0.4 is 9.80 Å². The first kappa shape index (κ1) is 26.6. The van der Waals surface area contributed by atoms with Crippen LogP contribution in [0.25, 0.3) is 0 Å². The van der Waals surface area contributed by atoms with E-state index in [2.05, 4.69) is 129 Å². The molecule has 0 amide bonds. The van der Waals surface area contributed by atoms with Gasteiger partial charge in [-0.1, -0.05) is 95.2 Å². The molecule has 1 aliphatic heterocycles. The molecule has 2 aromatic rings. The van der Waals surface area contributed by atoms with Crippen LogP contribution >= 0.6 is 0 Å². The molecule has 0 unspecified atom stereocenters. The number of benzene rings is 2. The number of fused-ring (bicyclic) bond motifs is 2. The molecule has 2 nitrogen and oxygen atoms in total. The SMILES string of the molecule is CC(C)(C)Cc1ccc2c(c1)N(CC(C)(C)C)c1ccc(CC(C)(C)C)cc1N2CC(C)(C)C. The second-order valence-corrected chi connectivity index (χ2v) is 15.4. The maximum atomic E-state index is 2.59. The third-order valence-electron chi connectivity index (χ3n) is 5.98. The van der Waals surface area contributed by atoms with Gasteiger partial charge in [-0.3, -0.25) is 0 Å². The topological polar surface area (TPSA) is 6.48 Å². The summed E-state index contributed by atoms with van der Waals surface area (Å²) < 4.78 is 0. The minimum atomic E-state index is 0.185. The quantitative estimate of drug-likeness (QED) is 0.446. The third-order valence-corrected chi connectivity index (χ3v) is 5.98. The molecule has 34 heavy (non-hydrogen) atoms. The predicted octanol–water partition coefficient (Wildman–Crippen LogP) is 9.55. The average Bonchev–Trinajstić information content (AvgIpc) is 2.60. The lowest BCUT2D eigenvalue weighted by Gasteiger charge is -2.45. The lowest BCUT2D eigenvalue weighted by atomic mass is 9.86. The van der Waals surface area contributed by atoms with Gasteiger partial charge in [-0.15, -0.1) is 0 Å². The molecule has 0 fully saturated rings. The van der Waals surface area contributed by atoms with Gasteiger partial charge in [0.1, 0.15) is 0 Å². The molecule has 2 aromatic carbocycles. The summed E-state index contributed by atoms with van der Waals surface area (Å²) in [6.07, 6.45) is 2.17. The van der Waals surface area contributed by atoms with Crippen LogP contribution in [0.5, 0.6) is 0 Å². The Hall–Kier alpha value is -1.96. The molecule has 0 aromatic heterocycles. The van der Waals surface area contributed by atoms with E-state index in [4.69, 9.17) is 0 Å². The van der Waals surface area contributed by atoms with Crippen molar-refractivity contribution < 1.29 is 0 Å². The molecule has 188 valence electrons. The van der Waals surface area contributed by atoms with E-state index in [1.807, 2.05) is 0 Å². The highest BCUT2D eigenvalue weighted by atomic mass is 15.3. The van der Waals surface area contributed by atoms with E-state index in [0.29, 0.717) is 0 Å². The Balaban J connectivity index is 2.22. The van der Waals surface area contributed by atoms with Crippen molar-refractivity contribution in [3.05, 3.63) is 47.5 Å². The molecule has 0 radical (unpaired) electrons. The smallest absolute Gasteiger partial charge is 0.0655 e. The van der Waals surface area contributed by atoms with Crippen LogP contribution in [0, 0.1) is 21.7 Å². The molecule has 2 heteroatoms. The molecule has 0 aliphatic carbocycles. The Bertz CT molecular complexity index is 920. The fourth-order valence-corrected chi connectivity index (χ4v) is 5.02. The number of hydrogen-bond donors (Lipinski definition) is 0. The van der Waals surface area contributed by atoms with Crippen LogP contribution in [0.3, 0.4) is 0 Å². The highest BCUT2D eigenvalue weighted by molar-refractivity contribution is 5.93. The first-order valence-corrected chi connectivity index (χ1v) is 13.1. The molecule has 0 spiro atoms. The summed E-state index contributed by atoms with van der Waals surface area (Å²) in [7, 11) is 0. The standard InChI is InChI=1S/C32H50N2/c1-29(2,3)19-23-13-15-25-27(17-23)33(21-31(7,8)9)26-16-14-24(20-30(4,5)6)18-28(26)34(25)22-32(10,11)12/h13-18H,19-22H2,1-12H3. The van der Waals surface area contributed by atoms with E-state index in [-0.39, 0.29) is 21.7 Å². The van der Waals surface area contributed by atoms with Crippen LogP contribution in [0.1, 0.15) is 94.2 Å². The van der Waals surface area contributed by atoms with Gasteiger partial charge in [0.15, 0.2) is 0 Å². The Morgan fingerprint density at radius 1 is 0.441 bits per heavy atom. The molecule has 0 saturated carbocycles. The second-order valence-electron chi connectivity index (χ2n) is 15.4. The minimum Gasteiger partial charge on any atom is -0.338 e. The van der Waals surface area contributed by atoms with Crippen molar-refractivity contribution in [2.75, 3.05) is 22.9 Å². The summed E-state index contributed by atoms with van der Waals surface area (Å²) in [4.78, 5) is 5.19. The number of rotatable bonds is 4. The van der Waals surface area contributed by atoms with Gasteiger partial charge < -0.3 is 9.80 Å². The fourth-order valence-electron chi connectivity index (χ4n) is 5.02. The summed E-state index contributed by atoms with van der Waals surface area (Å²) >= 11 is 0. The summed E-state index contributed by atoms with van der Waals surface area (Å²) in [6.45, 7) is 30.1. The first-order valence-electron chi connectivity index (χ1n) is 13.1. The lowest BCUT2D eigenvalue weighted by Crippen LogP contribution is -2.38. The van der Waals surface area contributed by atoms with Crippen LogP contribution in [0.2, 0.25) is 0 Å². The second kappa shape index (κ2) is 8.92. The van der Waals surface area contributed by atoms with E-state index in [0.717, 1.165) is 25.9 Å². The maximum Gasteiger partial charge on any atom is 0.0655 e.